The minimum atomic E-state index is -0.741. The maximum atomic E-state index is 14.5. The fourth-order valence-corrected chi connectivity index (χ4v) is 2.30. The van der Waals surface area contributed by atoms with Crippen molar-refractivity contribution in [3.8, 4) is 0 Å². The van der Waals surface area contributed by atoms with Crippen molar-refractivity contribution in [3.05, 3.63) is 47.5 Å². The highest BCUT2D eigenvalue weighted by Crippen LogP contribution is 2.19. The van der Waals surface area contributed by atoms with Crippen LogP contribution in [0.3, 0.4) is 0 Å². The fourth-order valence-electron chi connectivity index (χ4n) is 2.30. The number of hydrogen-bond donors (Lipinski definition) is 1. The van der Waals surface area contributed by atoms with Crippen LogP contribution in [0.25, 0.3) is 0 Å². The Morgan fingerprint density at radius 3 is 2.36 bits per heavy atom. The van der Waals surface area contributed by atoms with Crippen LogP contribution in [0, 0.1) is 0 Å². The summed E-state index contributed by atoms with van der Waals surface area (Å²) >= 11 is 0. The monoisotopic (exact) mass is 394 g/mol. The van der Waals surface area contributed by atoms with Crippen LogP contribution in [-0.2, 0) is 9.53 Å². The minimum absolute atomic E-state index is 0.0619. The van der Waals surface area contributed by atoms with E-state index in [1.165, 1.54) is 18.2 Å². The van der Waals surface area contributed by atoms with Gasteiger partial charge in [0.05, 0.1) is 0 Å². The molecule has 1 unspecified atom stereocenters. The van der Waals surface area contributed by atoms with Gasteiger partial charge in [-0.15, -0.1) is 0 Å². The fraction of sp³-hybridized carbons (Fsp3) is 0.609. The number of carbonyl (C=O) groups excluding carboxylic acids is 1. The second-order valence-electron chi connectivity index (χ2n) is 8.42. The molecule has 1 atom stereocenters. The number of nitrogens with zero attached hydrogens (tertiary/aromatic N) is 1. The normalized spacial score (nSPS) is 14.1. The molecule has 0 heterocycles. The van der Waals surface area contributed by atoms with E-state index >= 15 is 0 Å². The van der Waals surface area contributed by atoms with E-state index in [0.29, 0.717) is 12.0 Å². The van der Waals surface area contributed by atoms with Crippen molar-refractivity contribution < 1.29 is 13.9 Å². The SMILES string of the molecule is C=C(C=C(F)C(=CC)OC(C)C(=O)C=C(C)C)CCN(C)CCNC(C)(C)C. The summed E-state index contributed by atoms with van der Waals surface area (Å²) in [6.45, 7) is 19.9. The summed E-state index contributed by atoms with van der Waals surface area (Å²) in [7, 11) is 2.04. The second-order valence-corrected chi connectivity index (χ2v) is 8.42. The predicted molar refractivity (Wildman–Crippen MR) is 117 cm³/mol. The summed E-state index contributed by atoms with van der Waals surface area (Å²) in [4.78, 5) is 14.2. The summed E-state index contributed by atoms with van der Waals surface area (Å²) in [6, 6.07) is 0. The Bertz CT molecular complexity index is 609. The first kappa shape index (κ1) is 26.3. The molecule has 5 heteroatoms. The molecule has 1 N–H and O–H groups in total. The molecule has 160 valence electrons. The van der Waals surface area contributed by atoms with Gasteiger partial charge in [-0.25, -0.2) is 4.39 Å². The average molecular weight is 395 g/mol. The molecule has 0 aliphatic rings. The van der Waals surface area contributed by atoms with Crippen LogP contribution in [-0.4, -0.2) is 49.0 Å². The van der Waals surface area contributed by atoms with E-state index < -0.39 is 11.9 Å². The van der Waals surface area contributed by atoms with Crippen molar-refractivity contribution in [2.75, 3.05) is 26.7 Å². The molecule has 0 aliphatic carbocycles. The second kappa shape index (κ2) is 12.7. The highest BCUT2D eigenvalue weighted by molar-refractivity contribution is 5.93. The number of likely N-dealkylation sites (N-methyl/N-ethyl adjacent to an activating group) is 1. The Kier molecular flexibility index (Phi) is 11.9. The molecule has 0 aromatic rings. The van der Waals surface area contributed by atoms with Gasteiger partial charge in [0.15, 0.2) is 23.5 Å². The van der Waals surface area contributed by atoms with Crippen molar-refractivity contribution in [1.29, 1.82) is 0 Å². The summed E-state index contributed by atoms with van der Waals surface area (Å²) in [5, 5.41) is 3.44. The van der Waals surface area contributed by atoms with E-state index in [9.17, 15) is 9.18 Å². The topological polar surface area (TPSA) is 41.6 Å². The first-order chi connectivity index (χ1) is 12.9. The van der Waals surface area contributed by atoms with Gasteiger partial charge in [-0.05, 0) is 80.2 Å². The highest BCUT2D eigenvalue weighted by Gasteiger charge is 2.16. The summed E-state index contributed by atoms with van der Waals surface area (Å²) < 4.78 is 20.0. The van der Waals surface area contributed by atoms with E-state index in [1.807, 2.05) is 20.9 Å². The van der Waals surface area contributed by atoms with Gasteiger partial charge in [-0.3, -0.25) is 4.79 Å². The van der Waals surface area contributed by atoms with Gasteiger partial charge in [0.25, 0.3) is 0 Å². The number of hydrogen-bond acceptors (Lipinski definition) is 4. The first-order valence-electron chi connectivity index (χ1n) is 9.86. The van der Waals surface area contributed by atoms with Crippen LogP contribution < -0.4 is 5.32 Å². The smallest absolute Gasteiger partial charge is 0.195 e. The zero-order valence-corrected chi connectivity index (χ0v) is 19.0. The molecule has 0 spiro atoms. The van der Waals surface area contributed by atoms with E-state index in [2.05, 4.69) is 37.6 Å². The lowest BCUT2D eigenvalue weighted by molar-refractivity contribution is -0.122. The van der Waals surface area contributed by atoms with Crippen LogP contribution in [0.1, 0.15) is 54.9 Å². The quantitative estimate of drug-likeness (QED) is 0.289. The molecule has 0 aromatic carbocycles. The molecule has 0 saturated heterocycles. The Labute approximate surface area is 171 Å². The summed E-state index contributed by atoms with van der Waals surface area (Å²) in [5.41, 5.74) is 1.66. The molecular weight excluding hydrogens is 355 g/mol. The van der Waals surface area contributed by atoms with Crippen molar-refractivity contribution in [1.82, 2.24) is 10.2 Å². The molecule has 0 amide bonds. The van der Waals surface area contributed by atoms with Gasteiger partial charge in [0.2, 0.25) is 0 Å². The Morgan fingerprint density at radius 1 is 1.25 bits per heavy atom. The molecule has 0 rings (SSSR count). The Balaban J connectivity index is 4.59. The molecule has 0 fully saturated rings. The van der Waals surface area contributed by atoms with Crippen LogP contribution >= 0.6 is 0 Å². The summed E-state index contributed by atoms with van der Waals surface area (Å²) in [5.74, 6) is -0.634. The van der Waals surface area contributed by atoms with Crippen molar-refractivity contribution in [3.63, 3.8) is 0 Å². The molecule has 0 saturated carbocycles. The number of halogens is 1. The lowest BCUT2D eigenvalue weighted by Gasteiger charge is -2.23. The lowest BCUT2D eigenvalue weighted by Crippen LogP contribution is -2.40. The van der Waals surface area contributed by atoms with Crippen molar-refractivity contribution >= 4 is 5.78 Å². The van der Waals surface area contributed by atoms with Crippen LogP contribution in [0.4, 0.5) is 4.39 Å². The number of ketones is 1. The maximum Gasteiger partial charge on any atom is 0.195 e. The van der Waals surface area contributed by atoms with Gasteiger partial charge in [-0.2, -0.15) is 0 Å². The van der Waals surface area contributed by atoms with Gasteiger partial charge in [-0.1, -0.05) is 17.7 Å². The Hall–Kier alpha value is -1.72. The number of ether oxygens (including phenoxy) is 1. The van der Waals surface area contributed by atoms with E-state index in [4.69, 9.17) is 4.74 Å². The van der Waals surface area contributed by atoms with Gasteiger partial charge < -0.3 is 15.0 Å². The van der Waals surface area contributed by atoms with Crippen LogP contribution in [0.15, 0.2) is 47.5 Å². The molecule has 28 heavy (non-hydrogen) atoms. The van der Waals surface area contributed by atoms with Crippen molar-refractivity contribution in [2.45, 2.75) is 66.5 Å². The van der Waals surface area contributed by atoms with E-state index in [-0.39, 0.29) is 17.1 Å². The highest BCUT2D eigenvalue weighted by atomic mass is 19.1. The van der Waals surface area contributed by atoms with Gasteiger partial charge in [0.1, 0.15) is 0 Å². The van der Waals surface area contributed by atoms with Crippen LogP contribution in [0.5, 0.6) is 0 Å². The zero-order valence-electron chi connectivity index (χ0n) is 19.0. The van der Waals surface area contributed by atoms with Crippen molar-refractivity contribution in [2.24, 2.45) is 0 Å². The van der Waals surface area contributed by atoms with Gasteiger partial charge in [0, 0.05) is 25.2 Å². The first-order valence-corrected chi connectivity index (χ1v) is 9.86. The lowest BCUT2D eigenvalue weighted by atomic mass is 10.1. The molecular formula is C23H39FN2O2. The third-order valence-electron chi connectivity index (χ3n) is 3.93. The molecule has 0 bridgehead atoms. The molecule has 0 radical (unpaired) electrons. The minimum Gasteiger partial charge on any atom is -0.480 e. The standard InChI is InChI=1S/C23H39FN2O2/c1-10-22(28-19(5)21(27)15-17(2)3)20(24)16-18(4)11-13-26(9)14-12-25-23(6,7)8/h10,15-16,19,25H,4,11-14H2,1-3,5-9H3. The number of carbonyl (C=O) groups is 1. The third-order valence-corrected chi connectivity index (χ3v) is 3.93. The maximum absolute atomic E-state index is 14.5. The zero-order chi connectivity index (χ0) is 21.9. The molecule has 0 aliphatic heterocycles. The van der Waals surface area contributed by atoms with E-state index in [1.54, 1.807) is 13.8 Å². The number of allylic oxidation sites excluding steroid dienone is 4. The van der Waals surface area contributed by atoms with Crippen LogP contribution in [0.2, 0.25) is 0 Å². The average Bonchev–Trinajstić information content (AvgIpc) is 2.55. The van der Waals surface area contributed by atoms with E-state index in [0.717, 1.165) is 25.2 Å². The Morgan fingerprint density at radius 2 is 1.86 bits per heavy atom. The largest absolute Gasteiger partial charge is 0.480 e. The number of nitrogens with one attached hydrogen (secondary N) is 1. The number of rotatable bonds is 12. The molecule has 4 nitrogen and oxygen atoms in total. The van der Waals surface area contributed by atoms with Gasteiger partial charge >= 0.3 is 0 Å². The third kappa shape index (κ3) is 12.6. The predicted octanol–water partition coefficient (Wildman–Crippen LogP) is 4.95. The molecule has 0 aromatic heterocycles. The summed E-state index contributed by atoms with van der Waals surface area (Å²) in [6.07, 6.45) is 4.32.